The largest absolute Gasteiger partial charge is 0.493 e. The van der Waals surface area contributed by atoms with Gasteiger partial charge in [-0.15, -0.1) is 0 Å². The molecule has 0 saturated heterocycles. The maximum absolute atomic E-state index is 12.1. The van der Waals surface area contributed by atoms with Crippen LogP contribution in [0.5, 0.6) is 5.75 Å². The lowest BCUT2D eigenvalue weighted by Gasteiger charge is -2.11. The fourth-order valence-electron chi connectivity index (χ4n) is 1.87. The number of nitrogens with zero attached hydrogens (tertiary/aromatic N) is 1. The Hall–Kier alpha value is -1.82. The molecule has 1 aromatic heterocycles. The molecule has 0 radical (unpaired) electrons. The molecule has 20 heavy (non-hydrogen) atoms. The van der Waals surface area contributed by atoms with Crippen molar-refractivity contribution < 1.29 is 17.9 Å². The van der Waals surface area contributed by atoms with Gasteiger partial charge in [0, 0.05) is 24.4 Å². The number of aromatic nitrogens is 1. The lowest BCUT2D eigenvalue weighted by molar-refractivity contribution is -0.136. The summed E-state index contributed by atoms with van der Waals surface area (Å²) >= 11 is 0. The van der Waals surface area contributed by atoms with Gasteiger partial charge in [-0.3, -0.25) is 4.98 Å². The molecule has 0 aliphatic rings. The van der Waals surface area contributed by atoms with E-state index in [-0.39, 0.29) is 19.6 Å². The van der Waals surface area contributed by atoms with E-state index in [1.165, 1.54) is 0 Å². The van der Waals surface area contributed by atoms with E-state index < -0.39 is 12.6 Å². The fourth-order valence-corrected chi connectivity index (χ4v) is 1.87. The van der Waals surface area contributed by atoms with E-state index in [0.29, 0.717) is 11.4 Å². The summed E-state index contributed by atoms with van der Waals surface area (Å²) in [5, 5.41) is 0.775. The molecule has 2 aromatic rings. The minimum absolute atomic E-state index is 0.0114. The van der Waals surface area contributed by atoms with Crippen LogP contribution in [0.15, 0.2) is 30.3 Å². The highest BCUT2D eigenvalue weighted by Gasteiger charge is 2.26. The normalized spacial score (nSPS) is 11.8. The zero-order valence-corrected chi connectivity index (χ0v) is 10.8. The number of rotatable bonds is 5. The highest BCUT2D eigenvalue weighted by atomic mass is 19.4. The van der Waals surface area contributed by atoms with E-state index in [1.54, 1.807) is 6.07 Å². The van der Waals surface area contributed by atoms with Crippen LogP contribution < -0.4 is 10.5 Å². The average Bonchev–Trinajstić information content (AvgIpc) is 2.42. The van der Waals surface area contributed by atoms with Crippen molar-refractivity contribution in [2.75, 3.05) is 6.61 Å². The van der Waals surface area contributed by atoms with Gasteiger partial charge in [0.2, 0.25) is 0 Å². The second-order valence-electron chi connectivity index (χ2n) is 4.40. The maximum atomic E-state index is 12.1. The topological polar surface area (TPSA) is 48.1 Å². The second kappa shape index (κ2) is 6.09. The number of fused-ring (bicyclic) bond motifs is 1. The Labute approximate surface area is 114 Å². The lowest BCUT2D eigenvalue weighted by atomic mass is 10.2. The SMILES string of the molecule is NCc1cc(OCCCC(F)(F)F)c2ccccc2n1. The number of halogens is 3. The van der Waals surface area contributed by atoms with Gasteiger partial charge in [-0.05, 0) is 18.6 Å². The Bertz CT molecular complexity index is 584. The van der Waals surface area contributed by atoms with E-state index in [4.69, 9.17) is 10.5 Å². The van der Waals surface area contributed by atoms with Gasteiger partial charge in [0.15, 0.2) is 0 Å². The summed E-state index contributed by atoms with van der Waals surface area (Å²) in [7, 11) is 0. The minimum Gasteiger partial charge on any atom is -0.493 e. The zero-order chi connectivity index (χ0) is 14.6. The van der Waals surface area contributed by atoms with Gasteiger partial charge in [-0.1, -0.05) is 12.1 Å². The average molecular weight is 284 g/mol. The van der Waals surface area contributed by atoms with Crippen LogP contribution >= 0.6 is 0 Å². The van der Waals surface area contributed by atoms with E-state index >= 15 is 0 Å². The molecular weight excluding hydrogens is 269 g/mol. The van der Waals surface area contributed by atoms with E-state index in [1.807, 2.05) is 24.3 Å². The lowest BCUT2D eigenvalue weighted by Crippen LogP contribution is -2.10. The Morgan fingerprint density at radius 1 is 1.20 bits per heavy atom. The summed E-state index contributed by atoms with van der Waals surface area (Å²) in [5.74, 6) is 0.526. The highest BCUT2D eigenvalue weighted by molar-refractivity contribution is 5.85. The van der Waals surface area contributed by atoms with Crippen molar-refractivity contribution in [3.63, 3.8) is 0 Å². The zero-order valence-electron chi connectivity index (χ0n) is 10.8. The van der Waals surface area contributed by atoms with E-state index in [0.717, 1.165) is 10.9 Å². The Morgan fingerprint density at radius 2 is 1.95 bits per heavy atom. The van der Waals surface area contributed by atoms with Gasteiger partial charge in [-0.2, -0.15) is 13.2 Å². The van der Waals surface area contributed by atoms with Crippen LogP contribution in [0.2, 0.25) is 0 Å². The van der Waals surface area contributed by atoms with Gasteiger partial charge in [0.05, 0.1) is 17.8 Å². The van der Waals surface area contributed by atoms with Crippen molar-refractivity contribution in [3.05, 3.63) is 36.0 Å². The van der Waals surface area contributed by atoms with Gasteiger partial charge in [0.25, 0.3) is 0 Å². The molecule has 0 aliphatic carbocycles. The number of hydrogen-bond donors (Lipinski definition) is 1. The summed E-state index contributed by atoms with van der Waals surface area (Å²) < 4.78 is 41.7. The first-order valence-electron chi connectivity index (χ1n) is 6.28. The Balaban J connectivity index is 2.12. The molecule has 0 bridgehead atoms. The first-order valence-corrected chi connectivity index (χ1v) is 6.28. The van der Waals surface area contributed by atoms with Crippen LogP contribution in [0.1, 0.15) is 18.5 Å². The molecule has 6 heteroatoms. The maximum Gasteiger partial charge on any atom is 0.389 e. The third-order valence-electron chi connectivity index (χ3n) is 2.80. The molecule has 2 rings (SSSR count). The molecule has 0 amide bonds. The smallest absolute Gasteiger partial charge is 0.389 e. The summed E-state index contributed by atoms with van der Waals surface area (Å²) in [4.78, 5) is 4.34. The van der Waals surface area contributed by atoms with Gasteiger partial charge < -0.3 is 10.5 Å². The summed E-state index contributed by atoms with van der Waals surface area (Å²) in [6.45, 7) is 0.265. The van der Waals surface area contributed by atoms with E-state index in [2.05, 4.69) is 4.98 Å². The summed E-state index contributed by atoms with van der Waals surface area (Å²) in [6.07, 6.45) is -5.07. The quantitative estimate of drug-likeness (QED) is 0.856. The third kappa shape index (κ3) is 3.84. The number of benzene rings is 1. The van der Waals surface area contributed by atoms with E-state index in [9.17, 15) is 13.2 Å². The van der Waals surface area contributed by atoms with Crippen LogP contribution in [0.3, 0.4) is 0 Å². The Morgan fingerprint density at radius 3 is 2.65 bits per heavy atom. The predicted molar refractivity (Wildman–Crippen MR) is 70.4 cm³/mol. The molecule has 0 saturated carbocycles. The fraction of sp³-hybridized carbons (Fsp3) is 0.357. The van der Waals surface area contributed by atoms with Crippen molar-refractivity contribution in [1.29, 1.82) is 0 Å². The molecule has 2 N–H and O–H groups in total. The molecule has 1 aromatic carbocycles. The number of para-hydroxylation sites is 1. The summed E-state index contributed by atoms with van der Waals surface area (Å²) in [6, 6.07) is 8.98. The molecule has 0 fully saturated rings. The van der Waals surface area contributed by atoms with Gasteiger partial charge >= 0.3 is 6.18 Å². The summed E-state index contributed by atoms with van der Waals surface area (Å²) in [5.41, 5.74) is 6.93. The number of hydrogen-bond acceptors (Lipinski definition) is 3. The molecule has 1 heterocycles. The molecule has 0 atom stereocenters. The highest BCUT2D eigenvalue weighted by Crippen LogP contribution is 2.26. The number of alkyl halides is 3. The van der Waals surface area contributed by atoms with Crippen LogP contribution in [0.25, 0.3) is 10.9 Å². The van der Waals surface area contributed by atoms with Crippen molar-refractivity contribution >= 4 is 10.9 Å². The van der Waals surface area contributed by atoms with Gasteiger partial charge in [-0.25, -0.2) is 0 Å². The van der Waals surface area contributed by atoms with Crippen molar-refractivity contribution in [2.24, 2.45) is 5.73 Å². The molecule has 3 nitrogen and oxygen atoms in total. The van der Waals surface area contributed by atoms with Crippen molar-refractivity contribution in [1.82, 2.24) is 4.98 Å². The van der Waals surface area contributed by atoms with Crippen LogP contribution in [0.4, 0.5) is 13.2 Å². The second-order valence-corrected chi connectivity index (χ2v) is 4.40. The number of nitrogens with two attached hydrogens (primary N) is 1. The van der Waals surface area contributed by atoms with Gasteiger partial charge in [0.1, 0.15) is 5.75 Å². The van der Waals surface area contributed by atoms with Crippen LogP contribution in [-0.4, -0.2) is 17.8 Å². The number of pyridine rings is 1. The molecule has 0 unspecified atom stereocenters. The first-order chi connectivity index (χ1) is 9.49. The van der Waals surface area contributed by atoms with Crippen molar-refractivity contribution in [3.8, 4) is 5.75 Å². The van der Waals surface area contributed by atoms with Crippen LogP contribution in [-0.2, 0) is 6.54 Å². The van der Waals surface area contributed by atoms with Crippen molar-refractivity contribution in [2.45, 2.75) is 25.6 Å². The first kappa shape index (κ1) is 14.6. The molecule has 0 spiro atoms. The molecular formula is C14H15F3N2O. The van der Waals surface area contributed by atoms with Crippen LogP contribution in [0, 0.1) is 0 Å². The molecule has 0 aliphatic heterocycles. The third-order valence-corrected chi connectivity index (χ3v) is 2.80. The standard InChI is InChI=1S/C14H15F3N2O/c15-14(16,17)6-3-7-20-13-8-10(9-18)19-12-5-2-1-4-11(12)13/h1-2,4-5,8H,3,6-7,9,18H2. The predicted octanol–water partition coefficient (Wildman–Crippen LogP) is 3.41. The Kier molecular flexibility index (Phi) is 4.44. The monoisotopic (exact) mass is 284 g/mol. The minimum atomic E-state index is -4.15. The number of ether oxygens (including phenoxy) is 1. The molecule has 108 valence electrons.